The van der Waals surface area contributed by atoms with Crippen LogP contribution in [0.15, 0.2) is 27.5 Å². The minimum absolute atomic E-state index is 0.0407. The van der Waals surface area contributed by atoms with Crippen molar-refractivity contribution in [2.24, 2.45) is 0 Å². The van der Waals surface area contributed by atoms with Gasteiger partial charge in [0.2, 0.25) is 0 Å². The summed E-state index contributed by atoms with van der Waals surface area (Å²) in [6.45, 7) is 1.88. The van der Waals surface area contributed by atoms with E-state index >= 15 is 0 Å². The molecule has 2 rings (SSSR count). The van der Waals surface area contributed by atoms with Gasteiger partial charge in [-0.05, 0) is 41.1 Å². The predicted molar refractivity (Wildman–Crippen MR) is 71.3 cm³/mol. The van der Waals surface area contributed by atoms with Crippen molar-refractivity contribution in [1.82, 2.24) is 4.98 Å². The first-order chi connectivity index (χ1) is 7.50. The predicted octanol–water partition coefficient (Wildman–Crippen LogP) is 2.67. The van der Waals surface area contributed by atoms with Gasteiger partial charge in [-0.1, -0.05) is 0 Å². The van der Waals surface area contributed by atoms with Gasteiger partial charge in [-0.2, -0.15) is 0 Å². The van der Waals surface area contributed by atoms with Gasteiger partial charge in [0.15, 0.2) is 0 Å². The third-order valence-corrected chi connectivity index (χ3v) is 3.65. The second kappa shape index (κ2) is 3.94. The first kappa shape index (κ1) is 11.2. The first-order valence-electron chi connectivity index (χ1n) is 5.00. The van der Waals surface area contributed by atoms with Crippen molar-refractivity contribution in [3.05, 3.63) is 38.7 Å². The van der Waals surface area contributed by atoms with E-state index in [9.17, 15) is 4.79 Å². The van der Waals surface area contributed by atoms with Gasteiger partial charge in [-0.3, -0.25) is 4.79 Å². The molecule has 84 valence electrons. The number of benzene rings is 1. The summed E-state index contributed by atoms with van der Waals surface area (Å²) in [5, 5.41) is 1.66. The first-order valence-corrected chi connectivity index (χ1v) is 5.79. The topological polar surface area (TPSA) is 36.1 Å². The number of rotatable bonds is 1. The van der Waals surface area contributed by atoms with E-state index in [-0.39, 0.29) is 5.56 Å². The van der Waals surface area contributed by atoms with E-state index in [4.69, 9.17) is 0 Å². The van der Waals surface area contributed by atoms with Crippen molar-refractivity contribution in [1.29, 1.82) is 0 Å². The number of H-pyrrole nitrogens is 1. The molecule has 16 heavy (non-hydrogen) atoms. The average molecular weight is 281 g/mol. The van der Waals surface area contributed by atoms with E-state index in [1.807, 2.05) is 44.1 Å². The second-order valence-corrected chi connectivity index (χ2v) is 4.81. The molecule has 0 amide bonds. The number of pyridine rings is 1. The van der Waals surface area contributed by atoms with E-state index in [0.717, 1.165) is 21.2 Å². The molecule has 0 radical (unpaired) electrons. The highest BCUT2D eigenvalue weighted by Crippen LogP contribution is 2.26. The molecule has 1 aromatic heterocycles. The maximum atomic E-state index is 11.7. The van der Waals surface area contributed by atoms with Gasteiger partial charge in [0.25, 0.3) is 5.56 Å². The van der Waals surface area contributed by atoms with Crippen LogP contribution < -0.4 is 10.5 Å². The van der Waals surface area contributed by atoms with Crippen LogP contribution >= 0.6 is 15.9 Å². The van der Waals surface area contributed by atoms with Gasteiger partial charge in [-0.15, -0.1) is 0 Å². The van der Waals surface area contributed by atoms with Crippen LogP contribution in [0.5, 0.6) is 0 Å². The molecule has 1 aromatic carbocycles. The maximum absolute atomic E-state index is 11.7. The Kier molecular flexibility index (Phi) is 2.76. The van der Waals surface area contributed by atoms with E-state index in [1.54, 1.807) is 0 Å². The molecule has 0 atom stereocenters. The summed E-state index contributed by atoms with van der Waals surface area (Å²) in [4.78, 5) is 16.6. The number of fused-ring (bicyclic) bond motifs is 1. The molecule has 1 heterocycles. The zero-order valence-electron chi connectivity index (χ0n) is 9.47. The van der Waals surface area contributed by atoms with E-state index in [0.29, 0.717) is 5.39 Å². The summed E-state index contributed by atoms with van der Waals surface area (Å²) in [6.07, 6.45) is 0. The van der Waals surface area contributed by atoms with Crippen molar-refractivity contribution in [3.8, 4) is 0 Å². The van der Waals surface area contributed by atoms with E-state index in [2.05, 4.69) is 20.9 Å². The molecule has 0 aliphatic rings. The number of hydrogen-bond donors (Lipinski definition) is 1. The van der Waals surface area contributed by atoms with Crippen molar-refractivity contribution in [2.45, 2.75) is 6.92 Å². The Labute approximate surface area is 102 Å². The van der Waals surface area contributed by atoms with Crippen molar-refractivity contribution >= 4 is 32.4 Å². The molecular weight excluding hydrogens is 268 g/mol. The molecule has 3 nitrogen and oxygen atoms in total. The lowest BCUT2D eigenvalue weighted by molar-refractivity contribution is 1.13. The summed E-state index contributed by atoms with van der Waals surface area (Å²) in [7, 11) is 3.96. The highest BCUT2D eigenvalue weighted by molar-refractivity contribution is 9.10. The van der Waals surface area contributed by atoms with Gasteiger partial charge < -0.3 is 9.88 Å². The third kappa shape index (κ3) is 1.73. The minimum atomic E-state index is -0.0407. The number of aryl methyl sites for hydroxylation is 1. The minimum Gasteiger partial charge on any atom is -0.378 e. The standard InChI is InChI=1S/C12H13BrN2O/c1-7-11(13)10-6-8(15(2)3)4-5-9(10)12(16)14-7/h4-6H,1-3H3,(H,14,16). The number of halogens is 1. The maximum Gasteiger partial charge on any atom is 0.256 e. The molecule has 1 N–H and O–H groups in total. The Morgan fingerprint density at radius 3 is 2.56 bits per heavy atom. The molecule has 0 unspecified atom stereocenters. The third-order valence-electron chi connectivity index (χ3n) is 2.63. The van der Waals surface area contributed by atoms with Gasteiger partial charge in [0.05, 0.1) is 0 Å². The van der Waals surface area contributed by atoms with Gasteiger partial charge in [0.1, 0.15) is 0 Å². The molecular formula is C12H13BrN2O. The molecule has 4 heteroatoms. The molecule has 0 saturated heterocycles. The fourth-order valence-electron chi connectivity index (χ4n) is 1.68. The smallest absolute Gasteiger partial charge is 0.256 e. The van der Waals surface area contributed by atoms with Crippen LogP contribution in [-0.4, -0.2) is 19.1 Å². The lowest BCUT2D eigenvalue weighted by atomic mass is 10.1. The molecule has 2 aromatic rings. The molecule has 0 spiro atoms. The fourth-order valence-corrected chi connectivity index (χ4v) is 2.11. The molecule has 0 fully saturated rings. The second-order valence-electron chi connectivity index (χ2n) is 4.02. The number of anilines is 1. The average Bonchev–Trinajstić information content (AvgIpc) is 2.25. The van der Waals surface area contributed by atoms with E-state index < -0.39 is 0 Å². The van der Waals surface area contributed by atoms with Crippen LogP contribution in [-0.2, 0) is 0 Å². The quantitative estimate of drug-likeness (QED) is 0.872. The molecule has 0 bridgehead atoms. The highest BCUT2D eigenvalue weighted by Gasteiger charge is 2.07. The van der Waals surface area contributed by atoms with Crippen LogP contribution in [0, 0.1) is 6.92 Å². The van der Waals surface area contributed by atoms with E-state index in [1.165, 1.54) is 0 Å². The largest absolute Gasteiger partial charge is 0.378 e. The summed E-state index contributed by atoms with van der Waals surface area (Å²) >= 11 is 3.51. The Morgan fingerprint density at radius 1 is 1.25 bits per heavy atom. The number of hydrogen-bond acceptors (Lipinski definition) is 2. The highest BCUT2D eigenvalue weighted by atomic mass is 79.9. The zero-order chi connectivity index (χ0) is 11.9. The lowest BCUT2D eigenvalue weighted by Crippen LogP contribution is -2.11. The SMILES string of the molecule is Cc1[nH]c(=O)c2ccc(N(C)C)cc2c1Br. The van der Waals surface area contributed by atoms with Gasteiger partial charge in [0, 0.05) is 40.7 Å². The fraction of sp³-hybridized carbons (Fsp3) is 0.250. The summed E-state index contributed by atoms with van der Waals surface area (Å²) < 4.78 is 0.950. The lowest BCUT2D eigenvalue weighted by Gasteiger charge is -2.13. The number of aromatic nitrogens is 1. The molecule has 0 aliphatic carbocycles. The van der Waals surface area contributed by atoms with Crippen LogP contribution in [0.1, 0.15) is 5.69 Å². The Balaban J connectivity index is 2.86. The van der Waals surface area contributed by atoms with Gasteiger partial charge >= 0.3 is 0 Å². The molecule has 0 aliphatic heterocycles. The Morgan fingerprint density at radius 2 is 1.94 bits per heavy atom. The summed E-state index contributed by atoms with van der Waals surface area (Å²) in [5.41, 5.74) is 1.90. The van der Waals surface area contributed by atoms with Crippen LogP contribution in [0.4, 0.5) is 5.69 Å². The van der Waals surface area contributed by atoms with Crippen LogP contribution in [0.2, 0.25) is 0 Å². The molecule has 0 saturated carbocycles. The van der Waals surface area contributed by atoms with Crippen molar-refractivity contribution in [2.75, 3.05) is 19.0 Å². The monoisotopic (exact) mass is 280 g/mol. The Hall–Kier alpha value is -1.29. The zero-order valence-corrected chi connectivity index (χ0v) is 11.1. The van der Waals surface area contributed by atoms with Crippen LogP contribution in [0.25, 0.3) is 10.8 Å². The summed E-state index contributed by atoms with van der Waals surface area (Å²) in [6, 6.07) is 5.81. The number of nitrogens with zero attached hydrogens (tertiary/aromatic N) is 1. The number of nitrogens with one attached hydrogen (secondary N) is 1. The Bertz CT molecular complexity index is 602. The van der Waals surface area contributed by atoms with Crippen molar-refractivity contribution in [3.63, 3.8) is 0 Å². The van der Waals surface area contributed by atoms with Gasteiger partial charge in [-0.25, -0.2) is 0 Å². The number of aromatic amines is 1. The van der Waals surface area contributed by atoms with Crippen LogP contribution in [0.3, 0.4) is 0 Å². The van der Waals surface area contributed by atoms with Crippen molar-refractivity contribution < 1.29 is 0 Å². The summed E-state index contributed by atoms with van der Waals surface area (Å²) in [5.74, 6) is 0. The normalized spacial score (nSPS) is 10.8.